The van der Waals surface area contributed by atoms with Crippen LogP contribution >= 0.6 is 0 Å². The van der Waals surface area contributed by atoms with Crippen LogP contribution in [0, 0.1) is 0 Å². The topological polar surface area (TPSA) is 94.7 Å². The van der Waals surface area contributed by atoms with Crippen molar-refractivity contribution in [2.45, 2.75) is 77.7 Å². The van der Waals surface area contributed by atoms with Crippen molar-refractivity contribution in [3.05, 3.63) is 109 Å². The summed E-state index contributed by atoms with van der Waals surface area (Å²) >= 11 is 0. The van der Waals surface area contributed by atoms with Gasteiger partial charge in [0.2, 0.25) is 11.8 Å². The predicted molar refractivity (Wildman–Crippen MR) is 201 cm³/mol. The molecule has 0 atom stereocenters. The summed E-state index contributed by atoms with van der Waals surface area (Å²) in [6.45, 7) is 16.5. The molecule has 6 aromatic rings. The molecule has 2 aliphatic heterocycles. The van der Waals surface area contributed by atoms with Crippen LogP contribution in [0.4, 0.5) is 0 Å². The van der Waals surface area contributed by atoms with Crippen LogP contribution in [0.5, 0.6) is 0 Å². The fourth-order valence-electron chi connectivity index (χ4n) is 6.41. The summed E-state index contributed by atoms with van der Waals surface area (Å²) in [7, 11) is 0. The van der Waals surface area contributed by atoms with Crippen LogP contribution in [0.2, 0.25) is 0 Å². The van der Waals surface area contributed by atoms with E-state index in [2.05, 4.69) is 110 Å². The highest BCUT2D eigenvalue weighted by atomic mass is 16.5. The van der Waals surface area contributed by atoms with Gasteiger partial charge in [-0.2, -0.15) is 0 Å². The molecule has 8 heteroatoms. The standard InChI is InChI=1S/C42H40N6O2/c1-39(2)41(5,6)49-37(47-39)27-21-43-35(44-22-27)33-29-16-12-13-17-30(29)34(32-20-26(18-19-31(32)33)25-14-10-9-11-15-25)36-45-23-28(24-46-36)38-48-40(3,4)42(7,8)50-38/h9-24H,1-8H3. The molecule has 0 N–H and O–H groups in total. The summed E-state index contributed by atoms with van der Waals surface area (Å²) in [5.74, 6) is 2.35. The molecule has 0 unspecified atom stereocenters. The van der Waals surface area contributed by atoms with E-state index in [0.29, 0.717) is 23.4 Å². The SMILES string of the molecule is CC1(C)N=C(c2cnc(-c3c4ccccc4c(-c4ncc(C5=NC(C)(C)C(C)(C)O5)cn4)c4cc(-c5ccccc5)ccc34)nc2)OC1(C)C. The summed E-state index contributed by atoms with van der Waals surface area (Å²) in [6, 6.07) is 25.3. The van der Waals surface area contributed by atoms with Gasteiger partial charge in [-0.1, -0.05) is 66.7 Å². The Bertz CT molecular complexity index is 2360. The van der Waals surface area contributed by atoms with Gasteiger partial charge >= 0.3 is 0 Å². The summed E-state index contributed by atoms with van der Waals surface area (Å²) in [5, 5.41) is 4.02. The van der Waals surface area contributed by atoms with E-state index in [1.165, 1.54) is 0 Å². The first-order valence-corrected chi connectivity index (χ1v) is 17.0. The van der Waals surface area contributed by atoms with Crippen molar-refractivity contribution in [3.8, 4) is 33.9 Å². The molecule has 0 saturated heterocycles. The smallest absolute Gasteiger partial charge is 0.220 e. The molecular weight excluding hydrogens is 621 g/mol. The zero-order chi connectivity index (χ0) is 35.1. The van der Waals surface area contributed by atoms with Gasteiger partial charge in [0.05, 0.1) is 22.2 Å². The molecule has 0 saturated carbocycles. The molecule has 2 aliphatic rings. The molecule has 50 heavy (non-hydrogen) atoms. The number of hydrogen-bond acceptors (Lipinski definition) is 8. The van der Waals surface area contributed by atoms with Crippen molar-refractivity contribution < 1.29 is 9.47 Å². The molecule has 4 aromatic carbocycles. The molecule has 8 nitrogen and oxygen atoms in total. The fourth-order valence-corrected chi connectivity index (χ4v) is 6.41. The lowest BCUT2D eigenvalue weighted by atomic mass is 9.87. The van der Waals surface area contributed by atoms with Gasteiger partial charge in [0.15, 0.2) is 11.6 Å². The van der Waals surface area contributed by atoms with Gasteiger partial charge in [0.25, 0.3) is 0 Å². The fraction of sp³-hybridized carbons (Fsp3) is 0.286. The Morgan fingerprint density at radius 1 is 0.420 bits per heavy atom. The number of ether oxygens (including phenoxy) is 2. The quantitative estimate of drug-likeness (QED) is 0.171. The zero-order valence-electron chi connectivity index (χ0n) is 29.7. The average Bonchev–Trinajstić information content (AvgIpc) is 3.46. The Balaban J connectivity index is 1.31. The van der Waals surface area contributed by atoms with E-state index in [4.69, 9.17) is 39.4 Å². The molecule has 250 valence electrons. The van der Waals surface area contributed by atoms with Gasteiger partial charge < -0.3 is 9.47 Å². The van der Waals surface area contributed by atoms with Crippen LogP contribution < -0.4 is 0 Å². The highest BCUT2D eigenvalue weighted by Gasteiger charge is 2.46. The van der Waals surface area contributed by atoms with Crippen molar-refractivity contribution in [2.75, 3.05) is 0 Å². The minimum Gasteiger partial charge on any atom is -0.469 e. The van der Waals surface area contributed by atoms with Crippen LogP contribution in [0.25, 0.3) is 55.4 Å². The number of aromatic nitrogens is 4. The molecule has 2 aromatic heterocycles. The summed E-state index contributed by atoms with van der Waals surface area (Å²) in [5.41, 5.74) is 3.96. The highest BCUT2D eigenvalue weighted by molar-refractivity contribution is 6.20. The monoisotopic (exact) mass is 660 g/mol. The van der Waals surface area contributed by atoms with E-state index in [-0.39, 0.29) is 11.1 Å². The van der Waals surface area contributed by atoms with Crippen LogP contribution in [-0.4, -0.2) is 54.0 Å². The third-order valence-electron chi connectivity index (χ3n) is 10.8. The van der Waals surface area contributed by atoms with Gasteiger partial charge in [-0.15, -0.1) is 0 Å². The summed E-state index contributed by atoms with van der Waals surface area (Å²) < 4.78 is 12.5. The van der Waals surface area contributed by atoms with Gasteiger partial charge in [-0.05, 0) is 94.1 Å². The summed E-state index contributed by atoms with van der Waals surface area (Å²) in [4.78, 5) is 29.5. The van der Waals surface area contributed by atoms with Crippen LogP contribution in [0.3, 0.4) is 0 Å². The normalized spacial score (nSPS) is 18.4. The lowest BCUT2D eigenvalue weighted by Crippen LogP contribution is -2.41. The maximum absolute atomic E-state index is 6.27. The summed E-state index contributed by atoms with van der Waals surface area (Å²) in [6.07, 6.45) is 7.24. The van der Waals surface area contributed by atoms with Crippen molar-refractivity contribution in [3.63, 3.8) is 0 Å². The van der Waals surface area contributed by atoms with E-state index in [1.807, 2.05) is 43.0 Å². The average molecular weight is 661 g/mol. The predicted octanol–water partition coefficient (Wildman–Crippen LogP) is 9.24. The number of benzene rings is 4. The second-order valence-corrected chi connectivity index (χ2v) is 15.2. The first-order chi connectivity index (χ1) is 23.7. The lowest BCUT2D eigenvalue weighted by Gasteiger charge is -2.30. The zero-order valence-corrected chi connectivity index (χ0v) is 29.7. The van der Waals surface area contributed by atoms with Gasteiger partial charge in [0.1, 0.15) is 11.2 Å². The van der Waals surface area contributed by atoms with E-state index < -0.39 is 11.2 Å². The Hall–Kier alpha value is -5.50. The van der Waals surface area contributed by atoms with Crippen molar-refractivity contribution in [2.24, 2.45) is 9.98 Å². The van der Waals surface area contributed by atoms with E-state index in [0.717, 1.165) is 54.9 Å². The molecule has 0 amide bonds. The maximum atomic E-state index is 6.27. The number of hydrogen-bond donors (Lipinski definition) is 0. The second kappa shape index (κ2) is 11.0. The lowest BCUT2D eigenvalue weighted by molar-refractivity contribution is 0.0617. The number of aliphatic imine (C=N–C) groups is 2. The van der Waals surface area contributed by atoms with Crippen molar-refractivity contribution in [1.29, 1.82) is 0 Å². The van der Waals surface area contributed by atoms with Gasteiger partial charge in [-0.25, -0.2) is 29.9 Å². The molecule has 4 heterocycles. The maximum Gasteiger partial charge on any atom is 0.220 e. The Kier molecular flexibility index (Phi) is 6.99. The van der Waals surface area contributed by atoms with Crippen molar-refractivity contribution >= 4 is 33.3 Å². The second-order valence-electron chi connectivity index (χ2n) is 15.2. The van der Waals surface area contributed by atoms with Crippen LogP contribution in [0.1, 0.15) is 66.5 Å². The minimum atomic E-state index is -0.442. The Labute approximate surface area is 292 Å². The Morgan fingerprint density at radius 3 is 1.28 bits per heavy atom. The van der Waals surface area contributed by atoms with Gasteiger partial charge in [0, 0.05) is 35.9 Å². The first-order valence-electron chi connectivity index (χ1n) is 17.0. The Morgan fingerprint density at radius 2 is 0.840 bits per heavy atom. The van der Waals surface area contributed by atoms with E-state index in [1.54, 1.807) is 0 Å². The molecule has 0 fully saturated rings. The van der Waals surface area contributed by atoms with Gasteiger partial charge in [-0.3, -0.25) is 0 Å². The molecule has 8 rings (SSSR count). The van der Waals surface area contributed by atoms with E-state index >= 15 is 0 Å². The largest absolute Gasteiger partial charge is 0.469 e. The number of nitrogens with zero attached hydrogens (tertiary/aromatic N) is 6. The minimum absolute atomic E-state index is 0.370. The molecule has 0 spiro atoms. The number of rotatable bonds is 5. The van der Waals surface area contributed by atoms with E-state index in [9.17, 15) is 0 Å². The first kappa shape index (κ1) is 31.7. The number of fused-ring (bicyclic) bond motifs is 2. The molecular formula is C42H40N6O2. The highest BCUT2D eigenvalue weighted by Crippen LogP contribution is 2.44. The molecule has 0 radical (unpaired) electrons. The van der Waals surface area contributed by atoms with Crippen LogP contribution in [-0.2, 0) is 9.47 Å². The third-order valence-corrected chi connectivity index (χ3v) is 10.8. The van der Waals surface area contributed by atoms with Crippen molar-refractivity contribution in [1.82, 2.24) is 19.9 Å². The van der Waals surface area contributed by atoms with Crippen LogP contribution in [0.15, 0.2) is 108 Å². The molecule has 0 bridgehead atoms. The molecule has 0 aliphatic carbocycles. The third kappa shape index (κ3) is 5.04.